The van der Waals surface area contributed by atoms with Gasteiger partial charge in [-0.25, -0.2) is 4.79 Å². The molecule has 1 rings (SSSR count). The predicted octanol–water partition coefficient (Wildman–Crippen LogP) is 1.50. The average molecular weight is 253 g/mol. The predicted molar refractivity (Wildman–Crippen MR) is 69.1 cm³/mol. The molecule has 18 heavy (non-hydrogen) atoms. The van der Waals surface area contributed by atoms with Crippen LogP contribution in [0.1, 0.15) is 22.3 Å². The number of ether oxygens (including phenoxy) is 1. The summed E-state index contributed by atoms with van der Waals surface area (Å²) < 4.78 is 4.82. The third-order valence-electron chi connectivity index (χ3n) is 2.56. The van der Waals surface area contributed by atoms with E-state index in [2.05, 4.69) is 5.32 Å². The summed E-state index contributed by atoms with van der Waals surface area (Å²) in [6, 6.07) is 5.12. The standard InChI is InChI=1S/C13H19NO4/c1-9-3-4-11(13(16)17)12(7-9)14-6-5-10(15)8-18-2/h3-4,7,10,14-15H,5-6,8H2,1-2H3,(H,16,17). The minimum Gasteiger partial charge on any atom is -0.478 e. The van der Waals surface area contributed by atoms with E-state index in [1.54, 1.807) is 18.2 Å². The van der Waals surface area contributed by atoms with Crippen LogP contribution in [-0.2, 0) is 4.74 Å². The van der Waals surface area contributed by atoms with E-state index in [9.17, 15) is 9.90 Å². The van der Waals surface area contributed by atoms with Gasteiger partial charge in [0.2, 0.25) is 0 Å². The van der Waals surface area contributed by atoms with E-state index in [0.29, 0.717) is 18.7 Å². The van der Waals surface area contributed by atoms with Gasteiger partial charge in [0.15, 0.2) is 0 Å². The third kappa shape index (κ3) is 4.35. The molecule has 0 aliphatic rings. The molecule has 0 aromatic heterocycles. The lowest BCUT2D eigenvalue weighted by atomic mass is 10.1. The van der Waals surface area contributed by atoms with Gasteiger partial charge in [-0.05, 0) is 31.0 Å². The molecule has 0 aliphatic heterocycles. The van der Waals surface area contributed by atoms with Crippen LogP contribution in [0.2, 0.25) is 0 Å². The fourth-order valence-electron chi connectivity index (χ4n) is 1.64. The highest BCUT2D eigenvalue weighted by Crippen LogP contribution is 2.17. The van der Waals surface area contributed by atoms with Crippen molar-refractivity contribution in [3.63, 3.8) is 0 Å². The molecule has 5 nitrogen and oxygen atoms in total. The molecule has 1 atom stereocenters. The normalized spacial score (nSPS) is 12.2. The van der Waals surface area contributed by atoms with Crippen molar-refractivity contribution >= 4 is 11.7 Å². The molecule has 1 aromatic carbocycles. The van der Waals surface area contributed by atoms with Crippen LogP contribution < -0.4 is 5.32 Å². The number of carboxylic acids is 1. The van der Waals surface area contributed by atoms with Crippen molar-refractivity contribution in [2.24, 2.45) is 0 Å². The number of aliphatic hydroxyl groups is 1. The number of carboxylic acid groups (broad SMARTS) is 1. The number of rotatable bonds is 7. The Hall–Kier alpha value is -1.59. The molecule has 0 heterocycles. The molecular weight excluding hydrogens is 234 g/mol. The van der Waals surface area contributed by atoms with Crippen molar-refractivity contribution < 1.29 is 19.7 Å². The van der Waals surface area contributed by atoms with E-state index in [-0.39, 0.29) is 12.2 Å². The van der Waals surface area contributed by atoms with Gasteiger partial charge in [0.05, 0.1) is 18.3 Å². The van der Waals surface area contributed by atoms with Crippen molar-refractivity contribution in [3.8, 4) is 0 Å². The molecule has 0 aliphatic carbocycles. The second-order valence-corrected chi connectivity index (χ2v) is 4.18. The third-order valence-corrected chi connectivity index (χ3v) is 2.56. The van der Waals surface area contributed by atoms with Crippen LogP contribution in [0.25, 0.3) is 0 Å². The summed E-state index contributed by atoms with van der Waals surface area (Å²) >= 11 is 0. The summed E-state index contributed by atoms with van der Waals surface area (Å²) in [5.41, 5.74) is 1.80. The van der Waals surface area contributed by atoms with Crippen LogP contribution >= 0.6 is 0 Å². The largest absolute Gasteiger partial charge is 0.478 e. The molecule has 1 aromatic rings. The van der Waals surface area contributed by atoms with Crippen molar-refractivity contribution in [3.05, 3.63) is 29.3 Å². The summed E-state index contributed by atoms with van der Waals surface area (Å²) in [6.45, 7) is 2.67. The lowest BCUT2D eigenvalue weighted by Gasteiger charge is -2.13. The first-order chi connectivity index (χ1) is 8.54. The summed E-state index contributed by atoms with van der Waals surface area (Å²) in [6.07, 6.45) is -0.0403. The number of aromatic carboxylic acids is 1. The molecule has 0 saturated carbocycles. The molecule has 0 bridgehead atoms. The van der Waals surface area contributed by atoms with Crippen LogP contribution in [0.3, 0.4) is 0 Å². The van der Waals surface area contributed by atoms with Gasteiger partial charge in [0, 0.05) is 19.3 Å². The SMILES string of the molecule is COCC(O)CCNc1cc(C)ccc1C(=O)O. The zero-order chi connectivity index (χ0) is 13.5. The minimum absolute atomic E-state index is 0.238. The van der Waals surface area contributed by atoms with Crippen LogP contribution in [0.5, 0.6) is 0 Å². The molecule has 0 fully saturated rings. The van der Waals surface area contributed by atoms with Crippen LogP contribution in [0.4, 0.5) is 5.69 Å². The average Bonchev–Trinajstić information content (AvgIpc) is 2.29. The van der Waals surface area contributed by atoms with E-state index < -0.39 is 12.1 Å². The van der Waals surface area contributed by atoms with Gasteiger partial charge in [0.1, 0.15) is 0 Å². The Labute approximate surface area is 106 Å². The summed E-state index contributed by atoms with van der Waals surface area (Å²) in [4.78, 5) is 11.0. The van der Waals surface area contributed by atoms with Crippen LogP contribution in [0.15, 0.2) is 18.2 Å². The number of carbonyl (C=O) groups is 1. The van der Waals surface area contributed by atoms with Crippen molar-refractivity contribution in [2.45, 2.75) is 19.4 Å². The molecule has 0 amide bonds. The number of hydrogen-bond acceptors (Lipinski definition) is 4. The summed E-state index contributed by atoms with van der Waals surface area (Å²) in [5, 5.41) is 21.5. The molecule has 3 N–H and O–H groups in total. The smallest absolute Gasteiger partial charge is 0.337 e. The number of anilines is 1. The Balaban J connectivity index is 2.60. The first kappa shape index (κ1) is 14.5. The maximum absolute atomic E-state index is 11.0. The van der Waals surface area contributed by atoms with Crippen LogP contribution in [-0.4, -0.2) is 42.5 Å². The molecular formula is C13H19NO4. The Morgan fingerprint density at radius 2 is 2.22 bits per heavy atom. The Morgan fingerprint density at radius 3 is 2.83 bits per heavy atom. The number of hydrogen-bond donors (Lipinski definition) is 3. The minimum atomic E-state index is -0.963. The fourth-order valence-corrected chi connectivity index (χ4v) is 1.64. The second kappa shape index (κ2) is 6.98. The van der Waals surface area contributed by atoms with Crippen molar-refractivity contribution in [2.75, 3.05) is 25.6 Å². The Morgan fingerprint density at radius 1 is 1.50 bits per heavy atom. The van der Waals surface area contributed by atoms with Gasteiger partial charge in [-0.3, -0.25) is 0 Å². The van der Waals surface area contributed by atoms with E-state index in [1.165, 1.54) is 7.11 Å². The van der Waals surface area contributed by atoms with Gasteiger partial charge < -0.3 is 20.3 Å². The number of benzene rings is 1. The topological polar surface area (TPSA) is 78.8 Å². The zero-order valence-corrected chi connectivity index (χ0v) is 10.6. The quantitative estimate of drug-likeness (QED) is 0.686. The lowest BCUT2D eigenvalue weighted by Crippen LogP contribution is -2.19. The zero-order valence-electron chi connectivity index (χ0n) is 10.6. The van der Waals surface area contributed by atoms with Gasteiger partial charge >= 0.3 is 5.97 Å². The van der Waals surface area contributed by atoms with E-state index >= 15 is 0 Å². The first-order valence-electron chi connectivity index (χ1n) is 5.79. The maximum atomic E-state index is 11.0. The van der Waals surface area contributed by atoms with E-state index in [4.69, 9.17) is 9.84 Å². The van der Waals surface area contributed by atoms with Crippen molar-refractivity contribution in [1.82, 2.24) is 0 Å². The van der Waals surface area contributed by atoms with E-state index in [0.717, 1.165) is 5.56 Å². The molecule has 5 heteroatoms. The Bertz CT molecular complexity index is 406. The molecule has 0 saturated heterocycles. The van der Waals surface area contributed by atoms with Crippen molar-refractivity contribution in [1.29, 1.82) is 0 Å². The Kier molecular flexibility index (Phi) is 5.61. The highest BCUT2D eigenvalue weighted by Gasteiger charge is 2.10. The first-order valence-corrected chi connectivity index (χ1v) is 5.79. The van der Waals surface area contributed by atoms with Crippen LogP contribution in [0, 0.1) is 6.92 Å². The van der Waals surface area contributed by atoms with E-state index in [1.807, 2.05) is 6.92 Å². The second-order valence-electron chi connectivity index (χ2n) is 4.18. The number of nitrogens with one attached hydrogen (secondary N) is 1. The molecule has 1 unspecified atom stereocenters. The fraction of sp³-hybridized carbons (Fsp3) is 0.462. The highest BCUT2D eigenvalue weighted by atomic mass is 16.5. The maximum Gasteiger partial charge on any atom is 0.337 e. The van der Waals surface area contributed by atoms with Gasteiger partial charge in [-0.2, -0.15) is 0 Å². The molecule has 100 valence electrons. The lowest BCUT2D eigenvalue weighted by molar-refractivity contribution is 0.0615. The van der Waals surface area contributed by atoms with Gasteiger partial charge in [-0.15, -0.1) is 0 Å². The summed E-state index contributed by atoms with van der Waals surface area (Å²) in [5.74, 6) is -0.963. The molecule has 0 radical (unpaired) electrons. The monoisotopic (exact) mass is 253 g/mol. The van der Waals surface area contributed by atoms with Gasteiger partial charge in [-0.1, -0.05) is 6.07 Å². The number of aliphatic hydroxyl groups excluding tert-OH is 1. The molecule has 0 spiro atoms. The van der Waals surface area contributed by atoms with Gasteiger partial charge in [0.25, 0.3) is 0 Å². The highest BCUT2D eigenvalue weighted by molar-refractivity contribution is 5.94. The number of methoxy groups -OCH3 is 1. The summed E-state index contributed by atoms with van der Waals surface area (Å²) in [7, 11) is 1.53. The number of aryl methyl sites for hydroxylation is 1.